The van der Waals surface area contributed by atoms with E-state index in [9.17, 15) is 14.4 Å². The lowest BCUT2D eigenvalue weighted by Crippen LogP contribution is -2.45. The van der Waals surface area contributed by atoms with E-state index < -0.39 is 30.1 Å². The lowest BCUT2D eigenvalue weighted by molar-refractivity contribution is -0.147. The fourth-order valence-electron chi connectivity index (χ4n) is 2.68. The van der Waals surface area contributed by atoms with Gasteiger partial charge in [-0.1, -0.05) is 60.7 Å². The summed E-state index contributed by atoms with van der Waals surface area (Å²) in [6.45, 7) is 2.22. The van der Waals surface area contributed by atoms with E-state index >= 15 is 0 Å². The van der Waals surface area contributed by atoms with Gasteiger partial charge in [0.05, 0.1) is 7.11 Å². The second kappa shape index (κ2) is 13.0. The van der Waals surface area contributed by atoms with Crippen LogP contribution in [0.15, 0.2) is 60.7 Å². The Morgan fingerprint density at radius 3 is 1.94 bits per heavy atom. The third-order valence-corrected chi connectivity index (χ3v) is 4.45. The first-order valence-electron chi connectivity index (χ1n) is 9.98. The van der Waals surface area contributed by atoms with E-state index in [-0.39, 0.29) is 26.2 Å². The average molecular weight is 428 g/mol. The fourth-order valence-corrected chi connectivity index (χ4v) is 2.68. The van der Waals surface area contributed by atoms with Gasteiger partial charge in [0.15, 0.2) is 0 Å². The number of nitrogens with one attached hydrogen (secondary N) is 2. The number of benzene rings is 2. The fraction of sp³-hybridized carbons (Fsp3) is 0.348. The largest absolute Gasteiger partial charge is 0.467 e. The summed E-state index contributed by atoms with van der Waals surface area (Å²) in [5.41, 5.74) is 1.73. The molecule has 0 aliphatic carbocycles. The Hall–Kier alpha value is -3.39. The predicted molar refractivity (Wildman–Crippen MR) is 114 cm³/mol. The van der Waals surface area contributed by atoms with Gasteiger partial charge in [-0.3, -0.25) is 4.79 Å². The van der Waals surface area contributed by atoms with Crippen LogP contribution in [0.4, 0.5) is 4.79 Å². The molecule has 2 aromatic rings. The summed E-state index contributed by atoms with van der Waals surface area (Å²) in [6.07, 6.45) is -0.516. The first-order valence-corrected chi connectivity index (χ1v) is 9.98. The molecule has 2 rings (SSSR count). The van der Waals surface area contributed by atoms with Crippen LogP contribution in [-0.2, 0) is 37.0 Å². The molecule has 166 valence electrons. The van der Waals surface area contributed by atoms with Crippen LogP contribution >= 0.6 is 0 Å². The molecule has 2 aromatic carbocycles. The molecule has 31 heavy (non-hydrogen) atoms. The second-order valence-electron chi connectivity index (χ2n) is 6.84. The maximum Gasteiger partial charge on any atom is 0.408 e. The number of methoxy groups -OCH3 is 1. The summed E-state index contributed by atoms with van der Waals surface area (Å²) in [6, 6.07) is 17.1. The number of carbonyl (C=O) groups excluding carboxylic acids is 3. The number of carbonyl (C=O) groups is 3. The van der Waals surface area contributed by atoms with Crippen LogP contribution in [-0.4, -0.2) is 43.8 Å². The van der Waals surface area contributed by atoms with Gasteiger partial charge in [0, 0.05) is 0 Å². The Kier molecular flexibility index (Phi) is 10.0. The highest BCUT2D eigenvalue weighted by Gasteiger charge is 2.23. The Morgan fingerprint density at radius 2 is 1.39 bits per heavy atom. The van der Waals surface area contributed by atoms with Crippen molar-refractivity contribution in [2.75, 3.05) is 13.7 Å². The van der Waals surface area contributed by atoms with E-state index in [2.05, 4.69) is 10.6 Å². The molecule has 0 aromatic heterocycles. The van der Waals surface area contributed by atoms with Crippen molar-refractivity contribution in [1.82, 2.24) is 10.6 Å². The van der Waals surface area contributed by atoms with E-state index in [1.165, 1.54) is 7.11 Å². The lowest BCUT2D eigenvalue weighted by atomic mass is 10.2. The smallest absolute Gasteiger partial charge is 0.408 e. The third kappa shape index (κ3) is 8.88. The highest BCUT2D eigenvalue weighted by Crippen LogP contribution is 2.04. The first kappa shape index (κ1) is 23.9. The SMILES string of the molecule is COC(=O)[C@H](CCN[C@@H](C)C(=O)OCc1ccccc1)NC(=O)OCc1ccccc1. The van der Waals surface area contributed by atoms with Crippen molar-refractivity contribution in [2.45, 2.75) is 38.6 Å². The van der Waals surface area contributed by atoms with Gasteiger partial charge in [0.2, 0.25) is 0 Å². The zero-order valence-corrected chi connectivity index (χ0v) is 17.7. The molecule has 0 saturated carbocycles. The molecular formula is C23H28N2O6. The Balaban J connectivity index is 1.74. The molecule has 8 nitrogen and oxygen atoms in total. The molecule has 0 saturated heterocycles. The zero-order chi connectivity index (χ0) is 22.5. The molecule has 0 aliphatic rings. The van der Waals surface area contributed by atoms with Gasteiger partial charge in [0.1, 0.15) is 25.3 Å². The monoisotopic (exact) mass is 428 g/mol. The van der Waals surface area contributed by atoms with Gasteiger partial charge in [-0.25, -0.2) is 9.59 Å². The summed E-state index contributed by atoms with van der Waals surface area (Å²) in [7, 11) is 1.24. The highest BCUT2D eigenvalue weighted by atomic mass is 16.6. The van der Waals surface area contributed by atoms with Crippen LogP contribution in [0.3, 0.4) is 0 Å². The number of amides is 1. The van der Waals surface area contributed by atoms with E-state index in [0.29, 0.717) is 0 Å². The van der Waals surface area contributed by atoms with Crippen LogP contribution in [0, 0.1) is 0 Å². The van der Waals surface area contributed by atoms with Crippen LogP contribution in [0.2, 0.25) is 0 Å². The quantitative estimate of drug-likeness (QED) is 0.419. The third-order valence-electron chi connectivity index (χ3n) is 4.45. The van der Waals surface area contributed by atoms with Gasteiger partial charge in [-0.2, -0.15) is 0 Å². The van der Waals surface area contributed by atoms with Gasteiger partial charge in [-0.05, 0) is 31.0 Å². The molecule has 0 bridgehead atoms. The minimum absolute atomic E-state index is 0.0864. The molecule has 0 radical (unpaired) electrons. The molecule has 0 aliphatic heterocycles. The molecule has 0 heterocycles. The van der Waals surface area contributed by atoms with E-state index in [0.717, 1.165) is 11.1 Å². The predicted octanol–water partition coefficient (Wildman–Crippen LogP) is 2.57. The highest BCUT2D eigenvalue weighted by molar-refractivity contribution is 5.81. The Morgan fingerprint density at radius 1 is 0.839 bits per heavy atom. The van der Waals surface area contributed by atoms with E-state index in [1.54, 1.807) is 6.92 Å². The van der Waals surface area contributed by atoms with Crippen molar-refractivity contribution in [2.24, 2.45) is 0 Å². The summed E-state index contributed by atoms with van der Waals surface area (Å²) < 4.78 is 15.2. The van der Waals surface area contributed by atoms with Crippen molar-refractivity contribution >= 4 is 18.0 Å². The zero-order valence-electron chi connectivity index (χ0n) is 17.7. The molecule has 2 N–H and O–H groups in total. The summed E-state index contributed by atoms with van der Waals surface area (Å²) >= 11 is 0. The number of hydrogen-bond donors (Lipinski definition) is 2. The van der Waals surface area contributed by atoms with E-state index in [1.807, 2.05) is 60.7 Å². The van der Waals surface area contributed by atoms with Crippen molar-refractivity contribution in [3.63, 3.8) is 0 Å². The molecule has 1 amide bonds. The summed E-state index contributed by atoms with van der Waals surface area (Å²) in [4.78, 5) is 36.1. The molecule has 2 atom stereocenters. The van der Waals surface area contributed by atoms with Crippen molar-refractivity contribution in [1.29, 1.82) is 0 Å². The molecular weight excluding hydrogens is 400 g/mol. The topological polar surface area (TPSA) is 103 Å². The molecule has 0 unspecified atom stereocenters. The average Bonchev–Trinajstić information content (AvgIpc) is 2.81. The number of alkyl carbamates (subject to hydrolysis) is 1. The van der Waals surface area contributed by atoms with Crippen molar-refractivity contribution in [3.8, 4) is 0 Å². The Labute approximate surface area is 181 Å². The minimum Gasteiger partial charge on any atom is -0.467 e. The Bertz CT molecular complexity index is 828. The number of esters is 2. The maximum atomic E-state index is 12.1. The van der Waals surface area contributed by atoms with Crippen molar-refractivity contribution in [3.05, 3.63) is 71.8 Å². The molecule has 0 fully saturated rings. The van der Waals surface area contributed by atoms with Crippen LogP contribution in [0.1, 0.15) is 24.5 Å². The minimum atomic E-state index is -0.909. The second-order valence-corrected chi connectivity index (χ2v) is 6.84. The first-order chi connectivity index (χ1) is 15.0. The molecule has 8 heteroatoms. The number of rotatable bonds is 11. The molecule has 0 spiro atoms. The van der Waals surface area contributed by atoms with Crippen LogP contribution < -0.4 is 10.6 Å². The van der Waals surface area contributed by atoms with Crippen LogP contribution in [0.25, 0.3) is 0 Å². The number of hydrogen-bond acceptors (Lipinski definition) is 7. The summed E-state index contributed by atoms with van der Waals surface area (Å²) in [5, 5.41) is 5.48. The van der Waals surface area contributed by atoms with Gasteiger partial charge < -0.3 is 24.8 Å². The standard InChI is InChI=1S/C23H28N2O6/c1-17(21(26)30-15-18-9-5-3-6-10-18)24-14-13-20(22(27)29-2)25-23(28)31-16-19-11-7-4-8-12-19/h3-12,17,20,24H,13-16H2,1-2H3,(H,25,28)/t17-,20-/m0/s1. The van der Waals surface area contributed by atoms with Crippen LogP contribution in [0.5, 0.6) is 0 Å². The maximum absolute atomic E-state index is 12.1. The summed E-state index contributed by atoms with van der Waals surface area (Å²) in [5.74, 6) is -1.01. The van der Waals surface area contributed by atoms with Gasteiger partial charge >= 0.3 is 18.0 Å². The number of ether oxygens (including phenoxy) is 3. The van der Waals surface area contributed by atoms with Gasteiger partial charge in [0.25, 0.3) is 0 Å². The van der Waals surface area contributed by atoms with Crippen molar-refractivity contribution < 1.29 is 28.6 Å². The lowest BCUT2D eigenvalue weighted by Gasteiger charge is -2.18. The van der Waals surface area contributed by atoms with Gasteiger partial charge in [-0.15, -0.1) is 0 Å². The normalized spacial score (nSPS) is 12.3. The van der Waals surface area contributed by atoms with E-state index in [4.69, 9.17) is 14.2 Å².